The van der Waals surface area contributed by atoms with Crippen LogP contribution in [0.3, 0.4) is 0 Å². The number of carboxylic acids is 1. The van der Waals surface area contributed by atoms with Crippen LogP contribution in [0.25, 0.3) is 0 Å². The van der Waals surface area contributed by atoms with Gasteiger partial charge in [-0.25, -0.2) is 4.79 Å². The van der Waals surface area contributed by atoms with E-state index in [1.807, 2.05) is 0 Å². The number of carbonyl (C=O) groups excluding carboxylic acids is 1. The lowest BCUT2D eigenvalue weighted by Crippen LogP contribution is -2.23. The van der Waals surface area contributed by atoms with Crippen molar-refractivity contribution in [3.05, 3.63) is 50.4 Å². The van der Waals surface area contributed by atoms with Gasteiger partial charge in [-0.15, -0.1) is 11.3 Å². The average molecular weight is 407 g/mol. The molecule has 0 bridgehead atoms. The maximum Gasteiger partial charge on any atom is 0.339 e. The van der Waals surface area contributed by atoms with Gasteiger partial charge in [0.15, 0.2) is 0 Å². The first-order valence-electron chi connectivity index (χ1n) is 8.84. The number of rotatable bonds is 5. The highest BCUT2D eigenvalue weighted by Gasteiger charge is 2.33. The molecular weight excluding hydrogens is 384 g/mol. The van der Waals surface area contributed by atoms with Crippen LogP contribution in [-0.2, 0) is 19.4 Å². The Kier molecular flexibility index (Phi) is 5.60. The smallest absolute Gasteiger partial charge is 0.339 e. The Bertz CT molecular complexity index is 905. The van der Waals surface area contributed by atoms with E-state index in [2.05, 4.69) is 24.5 Å². The quantitative estimate of drug-likeness (QED) is 0.678. The molecule has 0 atom stereocenters. The molecule has 0 radical (unpaired) electrons. The number of carboxylic acid groups (broad SMARTS) is 1. The number of nitrogens with one attached hydrogen (secondary N) is 2. The third-order valence-corrected chi connectivity index (χ3v) is 6.34. The molecule has 2 aromatic rings. The van der Waals surface area contributed by atoms with Crippen LogP contribution in [0.2, 0.25) is 5.02 Å². The summed E-state index contributed by atoms with van der Waals surface area (Å²) < 4.78 is 0. The third-order valence-electron chi connectivity index (χ3n) is 4.90. The Labute approximate surface area is 167 Å². The van der Waals surface area contributed by atoms with Gasteiger partial charge in [-0.05, 0) is 55.0 Å². The van der Waals surface area contributed by atoms with Crippen LogP contribution in [0.15, 0.2) is 18.2 Å². The number of halogens is 1. The van der Waals surface area contributed by atoms with Gasteiger partial charge >= 0.3 is 5.97 Å². The molecule has 3 N–H and O–H groups in total. The van der Waals surface area contributed by atoms with Crippen LogP contribution < -0.4 is 10.6 Å². The highest BCUT2D eigenvalue weighted by Crippen LogP contribution is 2.44. The fraction of sp³-hybridized carbons (Fsp3) is 0.400. The molecule has 0 aliphatic heterocycles. The first-order chi connectivity index (χ1) is 12.7. The normalized spacial score (nSPS) is 15.3. The molecule has 1 heterocycles. The van der Waals surface area contributed by atoms with Gasteiger partial charge in [0.2, 0.25) is 0 Å². The number of benzene rings is 1. The lowest BCUT2D eigenvalue weighted by molar-refractivity contribution is 0.0696. The second kappa shape index (κ2) is 7.62. The van der Waals surface area contributed by atoms with E-state index in [9.17, 15) is 14.7 Å². The summed E-state index contributed by atoms with van der Waals surface area (Å²) in [7, 11) is 1.80. The molecular formula is C20H23ClN2O3S. The largest absolute Gasteiger partial charge is 0.478 e. The van der Waals surface area contributed by atoms with Crippen molar-refractivity contribution in [1.29, 1.82) is 0 Å². The SMILES string of the molecule is CNCc1ccc(Cl)cc1C(=O)Nc1sc2c(c1C(=O)O)CC(C)(C)CC2. The van der Waals surface area contributed by atoms with Crippen LogP contribution in [0, 0.1) is 5.41 Å². The minimum atomic E-state index is -0.998. The second-order valence-electron chi connectivity index (χ2n) is 7.64. The Morgan fingerprint density at radius 1 is 1.33 bits per heavy atom. The number of carbonyl (C=O) groups is 2. The summed E-state index contributed by atoms with van der Waals surface area (Å²) in [5.74, 6) is -1.34. The molecule has 0 saturated heterocycles. The van der Waals surface area contributed by atoms with E-state index in [-0.39, 0.29) is 16.9 Å². The maximum atomic E-state index is 12.9. The van der Waals surface area contributed by atoms with Crippen molar-refractivity contribution in [3.63, 3.8) is 0 Å². The summed E-state index contributed by atoms with van der Waals surface area (Å²) in [6.07, 6.45) is 2.55. The van der Waals surface area contributed by atoms with Gasteiger partial charge in [-0.1, -0.05) is 31.5 Å². The van der Waals surface area contributed by atoms with E-state index in [0.717, 1.165) is 28.8 Å². The highest BCUT2D eigenvalue weighted by molar-refractivity contribution is 7.17. The maximum absolute atomic E-state index is 12.9. The number of aromatic carboxylic acids is 1. The van der Waals surface area contributed by atoms with Crippen LogP contribution in [-0.4, -0.2) is 24.0 Å². The lowest BCUT2D eigenvalue weighted by Gasteiger charge is -2.29. The highest BCUT2D eigenvalue weighted by atomic mass is 35.5. The monoisotopic (exact) mass is 406 g/mol. The number of anilines is 1. The fourth-order valence-corrected chi connectivity index (χ4v) is 4.89. The van der Waals surface area contributed by atoms with Gasteiger partial charge in [0.05, 0.1) is 5.56 Å². The third kappa shape index (κ3) is 4.18. The number of hydrogen-bond donors (Lipinski definition) is 3. The van der Waals surface area contributed by atoms with E-state index in [4.69, 9.17) is 11.6 Å². The molecule has 1 aromatic carbocycles. The van der Waals surface area contributed by atoms with Crippen molar-refractivity contribution in [2.45, 2.75) is 39.7 Å². The summed E-state index contributed by atoms with van der Waals surface area (Å²) >= 11 is 7.44. The Balaban J connectivity index is 1.97. The molecule has 0 spiro atoms. The van der Waals surface area contributed by atoms with E-state index in [1.165, 1.54) is 11.3 Å². The summed E-state index contributed by atoms with van der Waals surface area (Å²) in [5, 5.41) is 16.5. The second-order valence-corrected chi connectivity index (χ2v) is 9.18. The van der Waals surface area contributed by atoms with Crippen molar-refractivity contribution >= 4 is 39.8 Å². The Hall–Kier alpha value is -1.89. The summed E-state index contributed by atoms with van der Waals surface area (Å²) in [6, 6.07) is 5.15. The molecule has 1 aliphatic rings. The van der Waals surface area contributed by atoms with Crippen LogP contribution in [0.4, 0.5) is 5.00 Å². The van der Waals surface area contributed by atoms with E-state index < -0.39 is 5.97 Å². The van der Waals surface area contributed by atoms with E-state index in [0.29, 0.717) is 28.6 Å². The Morgan fingerprint density at radius 2 is 2.07 bits per heavy atom. The number of fused-ring (bicyclic) bond motifs is 1. The molecule has 1 amide bonds. The van der Waals surface area contributed by atoms with Gasteiger partial charge in [-0.2, -0.15) is 0 Å². The molecule has 5 nitrogen and oxygen atoms in total. The first-order valence-corrected chi connectivity index (χ1v) is 10.0. The van der Waals surface area contributed by atoms with Crippen molar-refractivity contribution in [2.75, 3.05) is 12.4 Å². The number of amides is 1. The Morgan fingerprint density at radius 3 is 2.74 bits per heavy atom. The van der Waals surface area contributed by atoms with Crippen molar-refractivity contribution < 1.29 is 14.7 Å². The number of hydrogen-bond acceptors (Lipinski definition) is 4. The fourth-order valence-electron chi connectivity index (χ4n) is 3.51. The van der Waals surface area contributed by atoms with Gasteiger partial charge in [-0.3, -0.25) is 4.79 Å². The zero-order chi connectivity index (χ0) is 19.8. The molecule has 7 heteroatoms. The molecule has 3 rings (SSSR count). The van der Waals surface area contributed by atoms with Crippen molar-refractivity contribution in [3.8, 4) is 0 Å². The minimum absolute atomic E-state index is 0.0620. The number of thiophene rings is 1. The van der Waals surface area contributed by atoms with Gasteiger partial charge in [0, 0.05) is 22.0 Å². The van der Waals surface area contributed by atoms with Gasteiger partial charge in [0.1, 0.15) is 5.00 Å². The first kappa shape index (κ1) is 19.9. The molecule has 0 fully saturated rings. The predicted molar refractivity (Wildman–Crippen MR) is 109 cm³/mol. The lowest BCUT2D eigenvalue weighted by atomic mass is 9.76. The summed E-state index contributed by atoms with van der Waals surface area (Å²) in [5.41, 5.74) is 2.40. The summed E-state index contributed by atoms with van der Waals surface area (Å²) in [6.45, 7) is 4.81. The average Bonchev–Trinajstić information content (AvgIpc) is 2.92. The van der Waals surface area contributed by atoms with Crippen LogP contribution in [0.1, 0.15) is 57.0 Å². The van der Waals surface area contributed by atoms with E-state index >= 15 is 0 Å². The summed E-state index contributed by atoms with van der Waals surface area (Å²) in [4.78, 5) is 25.9. The van der Waals surface area contributed by atoms with Crippen molar-refractivity contribution in [2.24, 2.45) is 5.41 Å². The van der Waals surface area contributed by atoms with Crippen LogP contribution >= 0.6 is 22.9 Å². The molecule has 0 unspecified atom stereocenters. The zero-order valence-corrected chi connectivity index (χ0v) is 17.2. The molecule has 144 valence electrons. The molecule has 27 heavy (non-hydrogen) atoms. The van der Waals surface area contributed by atoms with Crippen molar-refractivity contribution in [1.82, 2.24) is 5.32 Å². The van der Waals surface area contributed by atoms with Crippen LogP contribution in [0.5, 0.6) is 0 Å². The number of aryl methyl sites for hydroxylation is 1. The molecule has 1 aliphatic carbocycles. The molecule has 0 saturated carbocycles. The van der Waals surface area contributed by atoms with Gasteiger partial charge < -0.3 is 15.7 Å². The zero-order valence-electron chi connectivity index (χ0n) is 15.6. The molecule has 1 aromatic heterocycles. The minimum Gasteiger partial charge on any atom is -0.478 e. The topological polar surface area (TPSA) is 78.4 Å². The van der Waals surface area contributed by atoms with E-state index in [1.54, 1.807) is 25.2 Å². The van der Waals surface area contributed by atoms with Gasteiger partial charge in [0.25, 0.3) is 5.91 Å². The predicted octanol–water partition coefficient (Wildman–Crippen LogP) is 4.59. The standard InChI is InChI=1S/C20H23ClN2O3S/c1-20(2)7-6-15-14(9-20)16(19(25)26)18(27-15)23-17(24)13-8-12(21)5-4-11(13)10-22-3/h4-5,8,22H,6-7,9-10H2,1-3H3,(H,23,24)(H,25,26).